The molecule has 0 saturated carbocycles. The van der Waals surface area contributed by atoms with Gasteiger partial charge >= 0.3 is 0 Å². The Morgan fingerprint density at radius 1 is 1.21 bits per heavy atom. The van der Waals surface area contributed by atoms with E-state index in [2.05, 4.69) is 0 Å². The van der Waals surface area contributed by atoms with Gasteiger partial charge in [-0.05, 0) is 25.8 Å². The molecule has 0 spiro atoms. The number of halogens is 2. The predicted molar refractivity (Wildman–Crippen MR) is 56.7 cm³/mol. The molecule has 0 radical (unpaired) electrons. The standard InChI is InChI=1S/C10H18F2O.CH4/c1-8(2)5-6-10(11,12)7-13-9(3)4;/h5-6,8-9H,7H2,1-4H3;1H4/b6-5+;. The van der Waals surface area contributed by atoms with Gasteiger partial charge in [0, 0.05) is 0 Å². The smallest absolute Gasteiger partial charge is 0.289 e. The molecule has 0 aromatic rings. The Morgan fingerprint density at radius 3 is 2.07 bits per heavy atom. The maximum absolute atomic E-state index is 12.9. The Bertz CT molecular complexity index is 163. The van der Waals surface area contributed by atoms with Gasteiger partial charge in [0.05, 0.1) is 6.10 Å². The van der Waals surface area contributed by atoms with Gasteiger partial charge in [0.15, 0.2) is 0 Å². The number of allylic oxidation sites excluding steroid dienone is 1. The first kappa shape index (κ1) is 16.0. The first-order chi connectivity index (χ1) is 5.83. The fourth-order valence-electron chi connectivity index (χ4n) is 0.659. The van der Waals surface area contributed by atoms with Crippen LogP contribution in [-0.2, 0) is 4.74 Å². The van der Waals surface area contributed by atoms with Crippen molar-refractivity contribution in [1.82, 2.24) is 0 Å². The molecule has 0 aliphatic heterocycles. The van der Waals surface area contributed by atoms with Gasteiger partial charge in [-0.2, -0.15) is 8.78 Å². The van der Waals surface area contributed by atoms with Crippen LogP contribution in [0.3, 0.4) is 0 Å². The molecule has 0 aliphatic rings. The largest absolute Gasteiger partial charge is 0.372 e. The van der Waals surface area contributed by atoms with Crippen LogP contribution in [0.1, 0.15) is 35.1 Å². The average molecular weight is 208 g/mol. The van der Waals surface area contributed by atoms with Crippen molar-refractivity contribution in [3.05, 3.63) is 12.2 Å². The monoisotopic (exact) mass is 208 g/mol. The fraction of sp³-hybridized carbons (Fsp3) is 0.818. The van der Waals surface area contributed by atoms with Crippen molar-refractivity contribution in [3.63, 3.8) is 0 Å². The summed E-state index contributed by atoms with van der Waals surface area (Å²) in [5.74, 6) is -2.70. The van der Waals surface area contributed by atoms with Crippen molar-refractivity contribution in [2.24, 2.45) is 5.92 Å². The molecule has 0 bridgehead atoms. The maximum Gasteiger partial charge on any atom is 0.289 e. The van der Waals surface area contributed by atoms with Gasteiger partial charge < -0.3 is 4.74 Å². The van der Waals surface area contributed by atoms with Gasteiger partial charge in [-0.25, -0.2) is 0 Å². The van der Waals surface area contributed by atoms with Gasteiger partial charge in [-0.1, -0.05) is 27.4 Å². The van der Waals surface area contributed by atoms with Gasteiger partial charge in [-0.3, -0.25) is 0 Å². The molecule has 0 aromatic heterocycles. The van der Waals surface area contributed by atoms with Gasteiger partial charge in [0.2, 0.25) is 0 Å². The number of hydrogen-bond acceptors (Lipinski definition) is 1. The zero-order valence-electron chi connectivity index (χ0n) is 8.68. The molecular formula is C11H22F2O. The van der Waals surface area contributed by atoms with E-state index in [9.17, 15) is 8.78 Å². The number of alkyl halides is 2. The molecule has 86 valence electrons. The lowest BCUT2D eigenvalue weighted by Crippen LogP contribution is -2.23. The highest BCUT2D eigenvalue weighted by Crippen LogP contribution is 2.17. The highest BCUT2D eigenvalue weighted by molar-refractivity contribution is 4.96. The summed E-state index contributed by atoms with van der Waals surface area (Å²) < 4.78 is 30.7. The highest BCUT2D eigenvalue weighted by atomic mass is 19.3. The van der Waals surface area contributed by atoms with Gasteiger partial charge in [-0.15, -0.1) is 0 Å². The minimum atomic E-state index is -2.84. The lowest BCUT2D eigenvalue weighted by atomic mass is 10.2. The van der Waals surface area contributed by atoms with Crippen molar-refractivity contribution >= 4 is 0 Å². The summed E-state index contributed by atoms with van der Waals surface area (Å²) in [5, 5.41) is 0. The minimum absolute atomic E-state index is 0. The molecule has 0 unspecified atom stereocenters. The van der Waals surface area contributed by atoms with E-state index in [-0.39, 0.29) is 19.4 Å². The van der Waals surface area contributed by atoms with E-state index < -0.39 is 12.5 Å². The van der Waals surface area contributed by atoms with Crippen molar-refractivity contribution in [3.8, 4) is 0 Å². The molecule has 0 aliphatic carbocycles. The van der Waals surface area contributed by atoms with Crippen LogP contribution in [0, 0.1) is 5.92 Å². The second kappa shape index (κ2) is 6.93. The van der Waals surface area contributed by atoms with E-state index in [0.717, 1.165) is 6.08 Å². The molecule has 0 aromatic carbocycles. The Balaban J connectivity index is 0. The molecular weight excluding hydrogens is 186 g/mol. The Labute approximate surface area is 86.1 Å². The molecule has 0 amide bonds. The third kappa shape index (κ3) is 9.65. The Morgan fingerprint density at radius 2 is 1.71 bits per heavy atom. The summed E-state index contributed by atoms with van der Waals surface area (Å²) >= 11 is 0. The molecule has 14 heavy (non-hydrogen) atoms. The van der Waals surface area contributed by atoms with Crippen LogP contribution >= 0.6 is 0 Å². The second-order valence-electron chi connectivity index (χ2n) is 3.72. The number of ether oxygens (including phenoxy) is 1. The number of rotatable bonds is 5. The number of hydrogen-bond donors (Lipinski definition) is 0. The maximum atomic E-state index is 12.9. The topological polar surface area (TPSA) is 9.23 Å². The molecule has 0 fully saturated rings. The molecule has 0 rings (SSSR count). The Hall–Kier alpha value is -0.440. The van der Waals surface area contributed by atoms with Crippen LogP contribution in [0.2, 0.25) is 0 Å². The van der Waals surface area contributed by atoms with Crippen LogP contribution in [0.5, 0.6) is 0 Å². The third-order valence-electron chi connectivity index (χ3n) is 1.33. The molecule has 3 heteroatoms. The van der Waals surface area contributed by atoms with E-state index in [1.54, 1.807) is 13.8 Å². The van der Waals surface area contributed by atoms with Gasteiger partial charge in [0.25, 0.3) is 5.92 Å². The van der Waals surface area contributed by atoms with E-state index in [4.69, 9.17) is 4.74 Å². The SMILES string of the molecule is C.CC(C)/C=C/C(F)(F)COC(C)C. The summed E-state index contributed by atoms with van der Waals surface area (Å²) in [6.07, 6.45) is 2.25. The predicted octanol–water partition coefficient (Wildman–Crippen LogP) is 3.90. The lowest BCUT2D eigenvalue weighted by molar-refractivity contribution is -0.0596. The first-order valence-corrected chi connectivity index (χ1v) is 4.52. The van der Waals surface area contributed by atoms with Crippen LogP contribution in [0.15, 0.2) is 12.2 Å². The highest BCUT2D eigenvalue weighted by Gasteiger charge is 2.25. The van der Waals surface area contributed by atoms with E-state index in [1.165, 1.54) is 6.08 Å². The third-order valence-corrected chi connectivity index (χ3v) is 1.33. The first-order valence-electron chi connectivity index (χ1n) is 4.52. The van der Waals surface area contributed by atoms with Crippen molar-refractivity contribution < 1.29 is 13.5 Å². The van der Waals surface area contributed by atoms with E-state index >= 15 is 0 Å². The van der Waals surface area contributed by atoms with Crippen molar-refractivity contribution in [2.75, 3.05) is 6.61 Å². The molecule has 1 nitrogen and oxygen atoms in total. The van der Waals surface area contributed by atoms with E-state index in [0.29, 0.717) is 0 Å². The normalized spacial score (nSPS) is 12.6. The Kier molecular flexibility index (Phi) is 7.93. The van der Waals surface area contributed by atoms with E-state index in [1.807, 2.05) is 13.8 Å². The summed E-state index contributed by atoms with van der Waals surface area (Å²) in [6, 6.07) is 0. The lowest BCUT2D eigenvalue weighted by Gasteiger charge is -2.14. The average Bonchev–Trinajstić information content (AvgIpc) is 1.98. The molecule has 0 atom stereocenters. The van der Waals surface area contributed by atoms with Crippen LogP contribution < -0.4 is 0 Å². The van der Waals surface area contributed by atoms with Crippen LogP contribution in [0.25, 0.3) is 0 Å². The quantitative estimate of drug-likeness (QED) is 0.623. The van der Waals surface area contributed by atoms with Gasteiger partial charge in [0.1, 0.15) is 6.61 Å². The van der Waals surface area contributed by atoms with Crippen LogP contribution in [0.4, 0.5) is 8.78 Å². The van der Waals surface area contributed by atoms with Crippen molar-refractivity contribution in [1.29, 1.82) is 0 Å². The zero-order valence-corrected chi connectivity index (χ0v) is 8.68. The molecule has 0 heterocycles. The minimum Gasteiger partial charge on any atom is -0.372 e. The fourth-order valence-corrected chi connectivity index (χ4v) is 0.659. The zero-order chi connectivity index (χ0) is 10.5. The summed E-state index contributed by atoms with van der Waals surface area (Å²) in [6.45, 7) is 6.66. The summed E-state index contributed by atoms with van der Waals surface area (Å²) in [7, 11) is 0. The van der Waals surface area contributed by atoms with Crippen LogP contribution in [-0.4, -0.2) is 18.6 Å². The molecule has 0 N–H and O–H groups in total. The second-order valence-corrected chi connectivity index (χ2v) is 3.72. The summed E-state index contributed by atoms with van der Waals surface area (Å²) in [4.78, 5) is 0. The van der Waals surface area contributed by atoms with Crippen molar-refractivity contribution in [2.45, 2.75) is 47.1 Å². The molecule has 0 saturated heterocycles. The summed E-state index contributed by atoms with van der Waals surface area (Å²) in [5.41, 5.74) is 0.